The van der Waals surface area contributed by atoms with Crippen molar-refractivity contribution in [2.75, 3.05) is 0 Å². The minimum Gasteiger partial charge on any atom is -0.0682 e. The average Bonchev–Trinajstić information content (AvgIpc) is 3.66. The lowest BCUT2D eigenvalue weighted by Gasteiger charge is -2.35. The van der Waals surface area contributed by atoms with Crippen molar-refractivity contribution in [3.8, 4) is 0 Å². The molecule has 1 aliphatic carbocycles. The van der Waals surface area contributed by atoms with Gasteiger partial charge in [0.1, 0.15) is 0 Å². The molecule has 2 aliphatic heterocycles. The Kier molecular flexibility index (Phi) is 6.04. The molecule has 0 N–H and O–H groups in total. The van der Waals surface area contributed by atoms with Gasteiger partial charge in [-0.25, -0.2) is 0 Å². The van der Waals surface area contributed by atoms with Crippen molar-refractivity contribution < 1.29 is 0 Å². The van der Waals surface area contributed by atoms with Crippen molar-refractivity contribution in [2.45, 2.75) is 25.4 Å². The van der Waals surface area contributed by atoms with Crippen LogP contribution in [0.2, 0.25) is 13.1 Å². The third kappa shape index (κ3) is 3.91. The molecule has 0 bridgehead atoms. The van der Waals surface area contributed by atoms with Crippen molar-refractivity contribution in [3.05, 3.63) is 171 Å². The molecule has 0 aromatic heterocycles. The molecule has 39 heavy (non-hydrogen) atoms. The zero-order valence-corrected chi connectivity index (χ0v) is 27.0. The van der Waals surface area contributed by atoms with Gasteiger partial charge in [-0.1, -0.05) is 166 Å². The lowest BCUT2D eigenvalue weighted by Crippen LogP contribution is -2.29. The van der Waals surface area contributed by atoms with Crippen LogP contribution in [0.25, 0.3) is 10.4 Å². The molecule has 3 heteroatoms. The Balaban J connectivity index is 1.44. The van der Waals surface area contributed by atoms with E-state index in [1.165, 1.54) is 27.8 Å². The Hall–Kier alpha value is -3.51. The molecule has 3 aliphatic rings. The fourth-order valence-electron chi connectivity index (χ4n) is 7.03. The number of hydrogen-bond donors (Lipinski definition) is 0. The first-order valence-corrected chi connectivity index (χ1v) is 19.9. The fraction of sp³-hybridized carbons (Fsp3) is 0.111. The molecule has 0 amide bonds. The number of aryl methyl sites for hydroxylation is 1. The second-order valence-electron chi connectivity index (χ2n) is 11.6. The predicted molar refractivity (Wildman–Crippen MR) is 177 cm³/mol. The van der Waals surface area contributed by atoms with Crippen molar-refractivity contribution in [1.29, 1.82) is 0 Å². The highest BCUT2D eigenvalue weighted by molar-refractivity contribution is 6.79. The monoisotopic (exact) mass is 550 g/mol. The van der Waals surface area contributed by atoms with E-state index in [1.807, 2.05) is 0 Å². The van der Waals surface area contributed by atoms with Gasteiger partial charge in [-0.2, -0.15) is 0 Å². The van der Waals surface area contributed by atoms with E-state index in [1.54, 1.807) is 37.1 Å². The predicted octanol–water partition coefficient (Wildman–Crippen LogP) is 5.94. The minimum absolute atomic E-state index is 0.231. The van der Waals surface area contributed by atoms with Crippen molar-refractivity contribution >= 4 is 43.4 Å². The third-order valence-electron chi connectivity index (χ3n) is 8.92. The van der Waals surface area contributed by atoms with Crippen LogP contribution in [-0.2, 0) is 5.41 Å². The Labute approximate surface area is 238 Å². The first kappa shape index (κ1) is 24.5. The highest BCUT2D eigenvalue weighted by Crippen LogP contribution is 2.59. The van der Waals surface area contributed by atoms with Crippen LogP contribution in [0.4, 0.5) is 0 Å². The molecule has 2 heterocycles. The van der Waals surface area contributed by atoms with E-state index < -0.39 is 27.8 Å². The van der Waals surface area contributed by atoms with Crippen LogP contribution >= 0.6 is 0 Å². The van der Waals surface area contributed by atoms with E-state index in [4.69, 9.17) is 0 Å². The zero-order chi connectivity index (χ0) is 26.6. The zero-order valence-electron chi connectivity index (χ0n) is 23.0. The summed E-state index contributed by atoms with van der Waals surface area (Å²) in [7, 11) is -2.03. The van der Waals surface area contributed by atoms with E-state index in [0.717, 1.165) is 0 Å². The SMILES string of the molecule is Cc1cccc(C2=CC3=C([SiH2]2)C2=C(C=C(c4cccc([SiH](C)C)c4)[SiH2]2)C3(c2ccccc2)c2ccccc2)c1. The summed E-state index contributed by atoms with van der Waals surface area (Å²) in [6.45, 7) is 7.09. The maximum atomic E-state index is 2.63. The van der Waals surface area contributed by atoms with Crippen LogP contribution in [0.5, 0.6) is 0 Å². The summed E-state index contributed by atoms with van der Waals surface area (Å²) in [5.41, 5.74) is 9.96. The van der Waals surface area contributed by atoms with Gasteiger partial charge in [0.25, 0.3) is 0 Å². The van der Waals surface area contributed by atoms with Crippen molar-refractivity contribution in [1.82, 2.24) is 0 Å². The summed E-state index contributed by atoms with van der Waals surface area (Å²) in [4.78, 5) is 0. The molecule has 0 saturated carbocycles. The molecular formula is C36H34Si3. The molecular weight excluding hydrogens is 517 g/mol. The summed E-state index contributed by atoms with van der Waals surface area (Å²) in [6.07, 6.45) is 5.25. The fourth-order valence-corrected chi connectivity index (χ4v) is 12.9. The van der Waals surface area contributed by atoms with Gasteiger partial charge >= 0.3 is 0 Å². The van der Waals surface area contributed by atoms with E-state index >= 15 is 0 Å². The van der Waals surface area contributed by atoms with Crippen LogP contribution < -0.4 is 5.19 Å². The molecule has 0 radical (unpaired) electrons. The standard InChI is InChI=1S/C36H34Si3/c1-24-12-10-13-25(20-24)32-22-30-34(37-32)35-31(23-33(38-35)26-14-11-19-29(21-26)39(2)3)36(30,27-15-6-4-7-16-27)28-17-8-5-9-18-28/h4-23,39H,37-38H2,1-3H3. The number of allylic oxidation sites excluding steroid dienone is 6. The molecule has 0 spiro atoms. The van der Waals surface area contributed by atoms with Gasteiger partial charge in [0, 0.05) is 0 Å². The first-order valence-electron chi connectivity index (χ1n) is 14.2. The molecule has 0 unspecified atom stereocenters. The highest BCUT2D eigenvalue weighted by Gasteiger charge is 2.50. The smallest absolute Gasteiger partial charge is 0.0682 e. The molecule has 0 nitrogen and oxygen atoms in total. The van der Waals surface area contributed by atoms with Crippen LogP contribution in [0, 0.1) is 6.92 Å². The van der Waals surface area contributed by atoms with Crippen LogP contribution in [0.3, 0.4) is 0 Å². The van der Waals surface area contributed by atoms with Gasteiger partial charge in [0.15, 0.2) is 0 Å². The summed E-state index contributed by atoms with van der Waals surface area (Å²) in [5, 5.41) is 8.27. The van der Waals surface area contributed by atoms with Crippen LogP contribution in [-0.4, -0.2) is 27.8 Å². The molecule has 0 atom stereocenters. The number of benzene rings is 4. The molecule has 4 aromatic rings. The Bertz CT molecular complexity index is 1680. The molecule has 190 valence electrons. The van der Waals surface area contributed by atoms with Gasteiger partial charge < -0.3 is 0 Å². The van der Waals surface area contributed by atoms with Gasteiger partial charge in [-0.3, -0.25) is 0 Å². The maximum Gasteiger partial charge on any atom is 0.0885 e. The molecule has 7 rings (SSSR count). The molecule has 0 saturated heterocycles. The quantitative estimate of drug-likeness (QED) is 0.270. The van der Waals surface area contributed by atoms with Gasteiger partial charge in [-0.05, 0) is 40.3 Å². The number of rotatable bonds is 5. The lowest BCUT2D eigenvalue weighted by atomic mass is 9.66. The summed E-state index contributed by atoms with van der Waals surface area (Å²) in [6, 6.07) is 41.4. The highest BCUT2D eigenvalue weighted by atomic mass is 28.3. The second kappa shape index (κ2) is 9.60. The first-order chi connectivity index (χ1) is 19.1. The summed E-state index contributed by atoms with van der Waals surface area (Å²) >= 11 is 0. The third-order valence-corrected chi connectivity index (χ3v) is 15.4. The normalized spacial score (nSPS) is 18.7. The minimum atomic E-state index is -0.851. The Morgan fingerprint density at radius 2 is 1.08 bits per heavy atom. The van der Waals surface area contributed by atoms with Crippen molar-refractivity contribution in [3.63, 3.8) is 0 Å². The summed E-state index contributed by atoms with van der Waals surface area (Å²) in [5.74, 6) is 0. The number of fused-ring (bicyclic) bond motifs is 1. The van der Waals surface area contributed by atoms with Gasteiger partial charge in [-0.15, -0.1) is 0 Å². The van der Waals surface area contributed by atoms with E-state index in [-0.39, 0.29) is 5.41 Å². The maximum absolute atomic E-state index is 2.63. The molecule has 4 aromatic carbocycles. The van der Waals surface area contributed by atoms with Crippen LogP contribution in [0.1, 0.15) is 27.8 Å². The van der Waals surface area contributed by atoms with Gasteiger partial charge in [0.05, 0.1) is 33.3 Å². The Morgan fingerprint density at radius 1 is 0.564 bits per heavy atom. The van der Waals surface area contributed by atoms with Crippen LogP contribution in [0.15, 0.2) is 143 Å². The van der Waals surface area contributed by atoms with E-state index in [0.29, 0.717) is 0 Å². The average molecular weight is 551 g/mol. The van der Waals surface area contributed by atoms with Gasteiger partial charge in [0.2, 0.25) is 0 Å². The largest absolute Gasteiger partial charge is 0.0885 e. The topological polar surface area (TPSA) is 0 Å². The summed E-state index contributed by atoms with van der Waals surface area (Å²) < 4.78 is 0. The van der Waals surface area contributed by atoms with Crippen molar-refractivity contribution in [2.24, 2.45) is 0 Å². The van der Waals surface area contributed by atoms with E-state index in [2.05, 4.69) is 141 Å². The lowest BCUT2D eigenvalue weighted by molar-refractivity contribution is 0.759. The Morgan fingerprint density at radius 3 is 1.59 bits per heavy atom. The van der Waals surface area contributed by atoms with E-state index in [9.17, 15) is 0 Å². The number of hydrogen-bond acceptors (Lipinski definition) is 0. The second-order valence-corrected chi connectivity index (χ2v) is 18.2. The molecule has 0 fully saturated rings.